The van der Waals surface area contributed by atoms with Gasteiger partial charge in [0.15, 0.2) is 0 Å². The summed E-state index contributed by atoms with van der Waals surface area (Å²) < 4.78 is 5.69. The highest BCUT2D eigenvalue weighted by atomic mass is 16.5. The maximum absolute atomic E-state index is 5.69. The number of hydrogen-bond acceptors (Lipinski definition) is 5. The standard InChI is InChI=1S/C10H19N5O/c1-10(2,3)15-13-9(12-14-15)16-8-4-6-11-7-5-8/h8,11H,4-7H2,1-3H3. The largest absolute Gasteiger partial charge is 0.458 e. The lowest BCUT2D eigenvalue weighted by molar-refractivity contribution is 0.147. The number of nitrogens with one attached hydrogen (secondary N) is 1. The predicted molar refractivity (Wildman–Crippen MR) is 59.3 cm³/mol. The fourth-order valence-electron chi connectivity index (χ4n) is 1.60. The molecule has 1 aliphatic heterocycles. The van der Waals surface area contributed by atoms with E-state index < -0.39 is 0 Å². The van der Waals surface area contributed by atoms with Gasteiger partial charge in [0, 0.05) is 0 Å². The van der Waals surface area contributed by atoms with Crippen molar-refractivity contribution in [1.82, 2.24) is 25.5 Å². The number of tetrazole rings is 1. The van der Waals surface area contributed by atoms with Crippen LogP contribution in [0.3, 0.4) is 0 Å². The van der Waals surface area contributed by atoms with Crippen LogP contribution in [0.1, 0.15) is 33.6 Å². The Morgan fingerprint density at radius 1 is 1.31 bits per heavy atom. The molecule has 0 bridgehead atoms. The first-order valence-electron chi connectivity index (χ1n) is 5.73. The van der Waals surface area contributed by atoms with E-state index in [4.69, 9.17) is 4.74 Å². The fraction of sp³-hybridized carbons (Fsp3) is 0.900. The van der Waals surface area contributed by atoms with E-state index in [2.05, 4.69) is 20.7 Å². The SMILES string of the molecule is CC(C)(C)n1nnc(OC2CCNCC2)n1. The van der Waals surface area contributed by atoms with E-state index in [0.29, 0.717) is 6.01 Å². The summed E-state index contributed by atoms with van der Waals surface area (Å²) in [4.78, 5) is 1.59. The first-order chi connectivity index (χ1) is 7.55. The number of nitrogens with zero attached hydrogens (tertiary/aromatic N) is 4. The van der Waals surface area contributed by atoms with E-state index in [-0.39, 0.29) is 11.6 Å². The average Bonchev–Trinajstić information content (AvgIpc) is 2.67. The van der Waals surface area contributed by atoms with Crippen molar-refractivity contribution in [2.45, 2.75) is 45.3 Å². The van der Waals surface area contributed by atoms with E-state index in [1.165, 1.54) is 0 Å². The lowest BCUT2D eigenvalue weighted by Crippen LogP contribution is -2.34. The van der Waals surface area contributed by atoms with E-state index in [9.17, 15) is 0 Å². The van der Waals surface area contributed by atoms with Crippen molar-refractivity contribution in [2.75, 3.05) is 13.1 Å². The summed E-state index contributed by atoms with van der Waals surface area (Å²) >= 11 is 0. The molecule has 0 spiro atoms. The molecule has 6 heteroatoms. The van der Waals surface area contributed by atoms with Crippen LogP contribution >= 0.6 is 0 Å². The average molecular weight is 225 g/mol. The van der Waals surface area contributed by atoms with E-state index in [1.807, 2.05) is 20.8 Å². The van der Waals surface area contributed by atoms with Gasteiger partial charge in [-0.1, -0.05) is 10.2 Å². The summed E-state index contributed by atoms with van der Waals surface area (Å²) in [5, 5.41) is 15.4. The number of hydrogen-bond donors (Lipinski definition) is 1. The normalized spacial score (nSPS) is 18.7. The fourth-order valence-corrected chi connectivity index (χ4v) is 1.60. The zero-order valence-electron chi connectivity index (χ0n) is 10.1. The molecule has 1 aromatic rings. The van der Waals surface area contributed by atoms with Crippen molar-refractivity contribution in [3.8, 4) is 6.01 Å². The van der Waals surface area contributed by atoms with Crippen LogP contribution < -0.4 is 10.1 Å². The Hall–Kier alpha value is -1.17. The van der Waals surface area contributed by atoms with Gasteiger partial charge in [0.1, 0.15) is 6.10 Å². The van der Waals surface area contributed by atoms with E-state index in [0.717, 1.165) is 25.9 Å². The van der Waals surface area contributed by atoms with Gasteiger partial charge in [-0.15, -0.1) is 0 Å². The van der Waals surface area contributed by atoms with Crippen LogP contribution in [0.25, 0.3) is 0 Å². The summed E-state index contributed by atoms with van der Waals surface area (Å²) in [5.74, 6) is 0. The van der Waals surface area contributed by atoms with Crippen LogP contribution in [0.15, 0.2) is 0 Å². The Balaban J connectivity index is 1.97. The summed E-state index contributed by atoms with van der Waals surface area (Å²) in [6.45, 7) is 8.09. The minimum atomic E-state index is -0.150. The molecule has 6 nitrogen and oxygen atoms in total. The molecular formula is C10H19N5O. The molecule has 0 aliphatic carbocycles. The van der Waals surface area contributed by atoms with Crippen molar-refractivity contribution in [3.63, 3.8) is 0 Å². The van der Waals surface area contributed by atoms with Gasteiger partial charge in [0.2, 0.25) is 0 Å². The highest BCUT2D eigenvalue weighted by molar-refractivity contribution is 4.87. The van der Waals surface area contributed by atoms with Gasteiger partial charge in [-0.25, -0.2) is 0 Å². The first-order valence-corrected chi connectivity index (χ1v) is 5.73. The Labute approximate surface area is 95.4 Å². The smallest absolute Gasteiger partial charge is 0.356 e. The van der Waals surface area contributed by atoms with Crippen molar-refractivity contribution in [3.05, 3.63) is 0 Å². The highest BCUT2D eigenvalue weighted by Crippen LogP contribution is 2.14. The molecule has 1 aliphatic rings. The van der Waals surface area contributed by atoms with Gasteiger partial charge in [-0.3, -0.25) is 0 Å². The number of piperidine rings is 1. The van der Waals surface area contributed by atoms with Gasteiger partial charge in [0.05, 0.1) is 5.54 Å². The monoisotopic (exact) mass is 225 g/mol. The molecule has 1 aromatic heterocycles. The molecule has 2 heterocycles. The molecule has 16 heavy (non-hydrogen) atoms. The second-order valence-corrected chi connectivity index (χ2v) is 5.10. The van der Waals surface area contributed by atoms with Crippen molar-refractivity contribution in [2.24, 2.45) is 0 Å². The molecule has 0 unspecified atom stereocenters. The summed E-state index contributed by atoms with van der Waals surface area (Å²) in [6, 6.07) is 0.391. The van der Waals surface area contributed by atoms with Crippen LogP contribution in [-0.4, -0.2) is 39.4 Å². The van der Waals surface area contributed by atoms with Crippen LogP contribution in [0.5, 0.6) is 6.01 Å². The molecule has 0 radical (unpaired) electrons. The third kappa shape index (κ3) is 2.69. The molecule has 0 amide bonds. The van der Waals surface area contributed by atoms with Crippen LogP contribution in [0.4, 0.5) is 0 Å². The molecule has 90 valence electrons. The second-order valence-electron chi connectivity index (χ2n) is 5.10. The molecule has 2 rings (SSSR count). The summed E-state index contributed by atoms with van der Waals surface area (Å²) in [6.07, 6.45) is 2.23. The van der Waals surface area contributed by atoms with Crippen LogP contribution in [-0.2, 0) is 5.54 Å². The van der Waals surface area contributed by atoms with E-state index >= 15 is 0 Å². The van der Waals surface area contributed by atoms with Gasteiger partial charge in [0.25, 0.3) is 0 Å². The van der Waals surface area contributed by atoms with Crippen molar-refractivity contribution in [1.29, 1.82) is 0 Å². The molecular weight excluding hydrogens is 206 g/mol. The van der Waals surface area contributed by atoms with Crippen molar-refractivity contribution < 1.29 is 4.74 Å². The Kier molecular flexibility index (Phi) is 3.09. The van der Waals surface area contributed by atoms with Crippen LogP contribution in [0, 0.1) is 0 Å². The third-order valence-corrected chi connectivity index (χ3v) is 2.55. The second kappa shape index (κ2) is 4.37. The maximum Gasteiger partial charge on any atom is 0.356 e. The zero-order chi connectivity index (χ0) is 11.6. The molecule has 0 aromatic carbocycles. The molecule has 1 fully saturated rings. The van der Waals surface area contributed by atoms with Crippen LogP contribution in [0.2, 0.25) is 0 Å². The quantitative estimate of drug-likeness (QED) is 0.796. The number of aromatic nitrogens is 4. The molecule has 0 saturated carbocycles. The third-order valence-electron chi connectivity index (χ3n) is 2.55. The van der Waals surface area contributed by atoms with Gasteiger partial charge in [-0.05, 0) is 51.9 Å². The zero-order valence-corrected chi connectivity index (χ0v) is 10.1. The Bertz CT molecular complexity index is 337. The Morgan fingerprint density at radius 3 is 2.56 bits per heavy atom. The lowest BCUT2D eigenvalue weighted by Gasteiger charge is -2.21. The molecule has 0 atom stereocenters. The Morgan fingerprint density at radius 2 is 2.00 bits per heavy atom. The summed E-state index contributed by atoms with van der Waals surface area (Å²) in [5.41, 5.74) is -0.150. The summed E-state index contributed by atoms with van der Waals surface area (Å²) in [7, 11) is 0. The minimum absolute atomic E-state index is 0.150. The van der Waals surface area contributed by atoms with Gasteiger partial charge < -0.3 is 10.1 Å². The van der Waals surface area contributed by atoms with Gasteiger partial charge in [-0.2, -0.15) is 4.80 Å². The highest BCUT2D eigenvalue weighted by Gasteiger charge is 2.20. The minimum Gasteiger partial charge on any atom is -0.458 e. The lowest BCUT2D eigenvalue weighted by atomic mass is 10.1. The topological polar surface area (TPSA) is 64.9 Å². The number of rotatable bonds is 2. The first kappa shape index (κ1) is 11.3. The van der Waals surface area contributed by atoms with Crippen molar-refractivity contribution >= 4 is 0 Å². The van der Waals surface area contributed by atoms with E-state index in [1.54, 1.807) is 4.80 Å². The number of ether oxygens (including phenoxy) is 1. The maximum atomic E-state index is 5.69. The predicted octanol–water partition coefficient (Wildman–Crippen LogP) is 0.559. The molecule has 1 saturated heterocycles. The van der Waals surface area contributed by atoms with Gasteiger partial charge >= 0.3 is 6.01 Å². The molecule has 1 N–H and O–H groups in total.